The first-order valence-corrected chi connectivity index (χ1v) is 8.08. The highest BCUT2D eigenvalue weighted by molar-refractivity contribution is 7.89. The number of aryl methyl sites for hydroxylation is 1. The van der Waals surface area contributed by atoms with Gasteiger partial charge >= 0.3 is 0 Å². The van der Waals surface area contributed by atoms with Gasteiger partial charge in [0.05, 0.1) is 16.1 Å². The molecule has 1 heterocycles. The normalized spacial score (nSPS) is 13.4. The topological polar surface area (TPSA) is 59.3 Å². The number of hydrogen-bond donors (Lipinski definition) is 1. The average molecular weight is 334 g/mol. The van der Waals surface area contributed by atoms with E-state index in [4.69, 9.17) is 27.6 Å². The highest BCUT2D eigenvalue weighted by Gasteiger charge is 2.23. The van der Waals surface area contributed by atoms with Crippen LogP contribution in [0.15, 0.2) is 39.6 Å². The molecule has 1 N–H and O–H groups in total. The van der Waals surface area contributed by atoms with Crippen LogP contribution in [0.2, 0.25) is 10.0 Å². The third kappa shape index (κ3) is 3.17. The van der Waals surface area contributed by atoms with Gasteiger partial charge in [0.25, 0.3) is 0 Å². The van der Waals surface area contributed by atoms with E-state index in [1.807, 2.05) is 0 Å². The van der Waals surface area contributed by atoms with Gasteiger partial charge < -0.3 is 4.42 Å². The van der Waals surface area contributed by atoms with Crippen LogP contribution < -0.4 is 4.72 Å². The Balaban J connectivity index is 2.30. The lowest BCUT2D eigenvalue weighted by atomic mass is 10.3. The minimum atomic E-state index is -3.78. The van der Waals surface area contributed by atoms with Crippen LogP contribution >= 0.6 is 23.2 Å². The summed E-state index contributed by atoms with van der Waals surface area (Å²) in [6.07, 6.45) is 0. The van der Waals surface area contributed by atoms with E-state index in [1.54, 1.807) is 26.0 Å². The highest BCUT2D eigenvalue weighted by atomic mass is 35.5. The van der Waals surface area contributed by atoms with Crippen LogP contribution in [-0.2, 0) is 10.0 Å². The Morgan fingerprint density at radius 1 is 1.20 bits per heavy atom. The molecule has 0 saturated heterocycles. The summed E-state index contributed by atoms with van der Waals surface area (Å²) < 4.78 is 32.5. The van der Waals surface area contributed by atoms with Crippen molar-refractivity contribution in [3.63, 3.8) is 0 Å². The quantitative estimate of drug-likeness (QED) is 0.921. The van der Waals surface area contributed by atoms with Crippen molar-refractivity contribution in [1.82, 2.24) is 4.72 Å². The molecule has 0 unspecified atom stereocenters. The molecule has 0 fully saturated rings. The number of rotatable bonds is 4. The highest BCUT2D eigenvalue weighted by Crippen LogP contribution is 2.29. The van der Waals surface area contributed by atoms with Gasteiger partial charge in [-0.15, -0.1) is 0 Å². The van der Waals surface area contributed by atoms with Crippen LogP contribution in [0, 0.1) is 6.92 Å². The van der Waals surface area contributed by atoms with E-state index in [0.29, 0.717) is 11.5 Å². The SMILES string of the molecule is Cc1ccc([C@@H](C)NS(=O)(=O)c2cccc(Cl)c2Cl)o1. The molecule has 1 atom stereocenters. The monoisotopic (exact) mass is 333 g/mol. The minimum absolute atomic E-state index is 0.00416. The summed E-state index contributed by atoms with van der Waals surface area (Å²) in [4.78, 5) is -0.0539. The van der Waals surface area contributed by atoms with Gasteiger partial charge in [-0.25, -0.2) is 13.1 Å². The standard InChI is InChI=1S/C13H13Cl2NO3S/c1-8-6-7-11(19-8)9(2)16-20(17,18)12-5-3-4-10(14)13(12)15/h3-7,9,16H,1-2H3/t9-/m1/s1. The largest absolute Gasteiger partial charge is 0.465 e. The van der Waals surface area contributed by atoms with Crippen molar-refractivity contribution in [2.45, 2.75) is 24.8 Å². The number of sulfonamides is 1. The zero-order valence-electron chi connectivity index (χ0n) is 10.9. The zero-order chi connectivity index (χ0) is 14.9. The van der Waals surface area contributed by atoms with Crippen LogP contribution in [0.5, 0.6) is 0 Å². The maximum absolute atomic E-state index is 12.3. The lowest BCUT2D eigenvalue weighted by molar-refractivity contribution is 0.441. The van der Waals surface area contributed by atoms with E-state index in [0.717, 1.165) is 0 Å². The second-order valence-corrected chi connectivity index (χ2v) is 6.81. The summed E-state index contributed by atoms with van der Waals surface area (Å²) in [7, 11) is -3.78. The summed E-state index contributed by atoms with van der Waals surface area (Å²) in [5.74, 6) is 1.25. The molecule has 0 saturated carbocycles. The fraction of sp³-hybridized carbons (Fsp3) is 0.231. The molecule has 0 amide bonds. The molecule has 108 valence electrons. The van der Waals surface area contributed by atoms with Gasteiger partial charge in [0, 0.05) is 0 Å². The molecule has 0 radical (unpaired) electrons. The van der Waals surface area contributed by atoms with Crippen LogP contribution in [0.3, 0.4) is 0 Å². The maximum Gasteiger partial charge on any atom is 0.242 e. The van der Waals surface area contributed by atoms with Gasteiger partial charge in [0.2, 0.25) is 10.0 Å². The molecule has 0 aliphatic heterocycles. The molecular formula is C13H13Cl2NO3S. The van der Waals surface area contributed by atoms with E-state index < -0.39 is 16.1 Å². The Bertz CT molecular complexity index is 725. The van der Waals surface area contributed by atoms with Crippen LogP contribution in [0.1, 0.15) is 24.5 Å². The molecular weight excluding hydrogens is 321 g/mol. The number of hydrogen-bond acceptors (Lipinski definition) is 3. The molecule has 2 rings (SSSR count). The predicted octanol–water partition coefficient (Wildman–Crippen LogP) is 3.93. The minimum Gasteiger partial charge on any atom is -0.465 e. The van der Waals surface area contributed by atoms with Gasteiger partial charge in [0.15, 0.2) is 0 Å². The molecule has 1 aromatic heterocycles. The predicted molar refractivity (Wildman–Crippen MR) is 78.6 cm³/mol. The average Bonchev–Trinajstić information content (AvgIpc) is 2.79. The Hall–Kier alpha value is -1.01. The van der Waals surface area contributed by atoms with Crippen molar-refractivity contribution in [2.24, 2.45) is 0 Å². The van der Waals surface area contributed by atoms with Crippen LogP contribution in [-0.4, -0.2) is 8.42 Å². The second-order valence-electron chi connectivity index (χ2n) is 4.34. The molecule has 7 heteroatoms. The number of nitrogens with one attached hydrogen (secondary N) is 1. The van der Waals surface area contributed by atoms with Gasteiger partial charge in [-0.05, 0) is 38.1 Å². The van der Waals surface area contributed by atoms with Crippen LogP contribution in [0.25, 0.3) is 0 Å². The van der Waals surface area contributed by atoms with E-state index in [-0.39, 0.29) is 14.9 Å². The van der Waals surface area contributed by atoms with Gasteiger partial charge in [-0.1, -0.05) is 29.3 Å². The molecule has 0 aliphatic carbocycles. The number of furan rings is 1. The van der Waals surface area contributed by atoms with E-state index in [9.17, 15) is 8.42 Å². The molecule has 0 bridgehead atoms. The number of halogens is 2. The van der Waals surface area contributed by atoms with Crippen molar-refractivity contribution in [2.75, 3.05) is 0 Å². The molecule has 1 aromatic carbocycles. The summed E-state index contributed by atoms with van der Waals surface area (Å²) in [5.41, 5.74) is 0. The first-order chi connectivity index (χ1) is 9.31. The summed E-state index contributed by atoms with van der Waals surface area (Å²) >= 11 is 11.8. The van der Waals surface area contributed by atoms with Gasteiger partial charge in [-0.2, -0.15) is 0 Å². The molecule has 0 spiro atoms. The fourth-order valence-electron chi connectivity index (χ4n) is 1.73. The smallest absolute Gasteiger partial charge is 0.242 e. The fourth-order valence-corrected chi connectivity index (χ4v) is 3.71. The van der Waals surface area contributed by atoms with Crippen LogP contribution in [0.4, 0.5) is 0 Å². The molecule has 0 aliphatic rings. The molecule has 4 nitrogen and oxygen atoms in total. The summed E-state index contributed by atoms with van der Waals surface area (Å²) in [5, 5.41) is 0.195. The zero-order valence-corrected chi connectivity index (χ0v) is 13.2. The lowest BCUT2D eigenvalue weighted by Crippen LogP contribution is -2.26. The van der Waals surface area contributed by atoms with Crippen molar-refractivity contribution < 1.29 is 12.8 Å². The van der Waals surface area contributed by atoms with Crippen molar-refractivity contribution in [1.29, 1.82) is 0 Å². The molecule has 2 aromatic rings. The third-order valence-electron chi connectivity index (χ3n) is 2.73. The third-order valence-corrected chi connectivity index (χ3v) is 5.24. The van der Waals surface area contributed by atoms with E-state index >= 15 is 0 Å². The molecule has 20 heavy (non-hydrogen) atoms. The van der Waals surface area contributed by atoms with Gasteiger partial charge in [0.1, 0.15) is 16.4 Å². The second kappa shape index (κ2) is 5.77. The lowest BCUT2D eigenvalue weighted by Gasteiger charge is -2.13. The van der Waals surface area contributed by atoms with E-state index in [2.05, 4.69) is 4.72 Å². The first kappa shape index (κ1) is 15.4. The van der Waals surface area contributed by atoms with Crippen molar-refractivity contribution >= 4 is 33.2 Å². The Kier molecular flexibility index (Phi) is 4.44. The van der Waals surface area contributed by atoms with E-state index in [1.165, 1.54) is 18.2 Å². The number of benzene rings is 1. The van der Waals surface area contributed by atoms with Crippen molar-refractivity contribution in [3.8, 4) is 0 Å². The Labute approximate surface area is 127 Å². The maximum atomic E-state index is 12.3. The van der Waals surface area contributed by atoms with Crippen molar-refractivity contribution in [3.05, 3.63) is 51.9 Å². The first-order valence-electron chi connectivity index (χ1n) is 5.84. The Morgan fingerprint density at radius 2 is 1.90 bits per heavy atom. The Morgan fingerprint density at radius 3 is 2.50 bits per heavy atom. The summed E-state index contributed by atoms with van der Waals surface area (Å²) in [6.45, 7) is 3.48. The van der Waals surface area contributed by atoms with Gasteiger partial charge in [-0.3, -0.25) is 0 Å². The summed E-state index contributed by atoms with van der Waals surface area (Å²) in [6, 6.07) is 7.45.